The maximum absolute atomic E-state index is 12.3. The minimum atomic E-state index is -0.0420. The molecular formula is C17H22N4O. The van der Waals surface area contributed by atoms with E-state index in [4.69, 9.17) is 0 Å². The quantitative estimate of drug-likeness (QED) is 0.922. The number of benzene rings is 1. The molecule has 3 rings (SSSR count). The zero-order valence-electron chi connectivity index (χ0n) is 13.0. The SMILES string of the molecule is Cn1nc(NC(=O)N2CCCCCC2)cc1-c1ccccc1. The first kappa shape index (κ1) is 14.6. The Labute approximate surface area is 130 Å². The van der Waals surface area contributed by atoms with Crippen LogP contribution in [-0.4, -0.2) is 33.8 Å². The first-order chi connectivity index (χ1) is 10.7. The second-order valence-electron chi connectivity index (χ2n) is 5.74. The topological polar surface area (TPSA) is 50.2 Å². The molecule has 1 aliphatic heterocycles. The van der Waals surface area contributed by atoms with Crippen LogP contribution in [0.4, 0.5) is 10.6 Å². The van der Waals surface area contributed by atoms with Gasteiger partial charge in [0.2, 0.25) is 0 Å². The number of likely N-dealkylation sites (tertiary alicyclic amines) is 1. The Morgan fingerprint density at radius 1 is 1.09 bits per heavy atom. The molecule has 0 radical (unpaired) electrons. The summed E-state index contributed by atoms with van der Waals surface area (Å²) in [6.07, 6.45) is 4.60. The number of urea groups is 1. The molecule has 0 atom stereocenters. The number of aromatic nitrogens is 2. The van der Waals surface area contributed by atoms with Gasteiger partial charge in [0.15, 0.2) is 5.82 Å². The summed E-state index contributed by atoms with van der Waals surface area (Å²) in [5.74, 6) is 0.607. The average molecular weight is 298 g/mol. The predicted molar refractivity (Wildman–Crippen MR) is 87.7 cm³/mol. The van der Waals surface area contributed by atoms with Crippen molar-refractivity contribution in [3.05, 3.63) is 36.4 Å². The summed E-state index contributed by atoms with van der Waals surface area (Å²) in [6, 6.07) is 11.9. The molecule has 2 heterocycles. The molecule has 2 aromatic rings. The van der Waals surface area contributed by atoms with E-state index in [1.54, 1.807) is 4.68 Å². The van der Waals surface area contributed by atoms with Crippen molar-refractivity contribution in [3.8, 4) is 11.3 Å². The number of aryl methyl sites for hydroxylation is 1. The first-order valence-corrected chi connectivity index (χ1v) is 7.89. The third-order valence-corrected chi connectivity index (χ3v) is 4.08. The van der Waals surface area contributed by atoms with Crippen LogP contribution in [0.5, 0.6) is 0 Å². The fourth-order valence-electron chi connectivity index (χ4n) is 2.87. The van der Waals surface area contributed by atoms with E-state index in [0.29, 0.717) is 5.82 Å². The lowest BCUT2D eigenvalue weighted by Gasteiger charge is -2.19. The first-order valence-electron chi connectivity index (χ1n) is 7.89. The number of nitrogens with zero attached hydrogens (tertiary/aromatic N) is 3. The van der Waals surface area contributed by atoms with Crippen molar-refractivity contribution in [1.29, 1.82) is 0 Å². The monoisotopic (exact) mass is 298 g/mol. The molecule has 1 aromatic carbocycles. The molecule has 116 valence electrons. The maximum atomic E-state index is 12.3. The maximum Gasteiger partial charge on any atom is 0.323 e. The molecular weight excluding hydrogens is 276 g/mol. The van der Waals surface area contributed by atoms with Crippen LogP contribution < -0.4 is 5.32 Å². The van der Waals surface area contributed by atoms with Crippen molar-refractivity contribution in [1.82, 2.24) is 14.7 Å². The second kappa shape index (κ2) is 6.64. The van der Waals surface area contributed by atoms with E-state index in [-0.39, 0.29) is 6.03 Å². The number of nitrogens with one attached hydrogen (secondary N) is 1. The van der Waals surface area contributed by atoms with E-state index in [2.05, 4.69) is 10.4 Å². The van der Waals surface area contributed by atoms with Gasteiger partial charge in [-0.25, -0.2) is 4.79 Å². The molecule has 0 spiro atoms. The van der Waals surface area contributed by atoms with Crippen molar-refractivity contribution < 1.29 is 4.79 Å². The third-order valence-electron chi connectivity index (χ3n) is 4.08. The fraction of sp³-hybridized carbons (Fsp3) is 0.412. The van der Waals surface area contributed by atoms with Crippen molar-refractivity contribution in [2.24, 2.45) is 7.05 Å². The number of carbonyl (C=O) groups is 1. The van der Waals surface area contributed by atoms with Gasteiger partial charge in [-0.15, -0.1) is 0 Å². The van der Waals surface area contributed by atoms with E-state index in [0.717, 1.165) is 37.2 Å². The number of carbonyl (C=O) groups excluding carboxylic acids is 1. The average Bonchev–Trinajstić information content (AvgIpc) is 2.75. The lowest BCUT2D eigenvalue weighted by Crippen LogP contribution is -2.35. The van der Waals surface area contributed by atoms with Gasteiger partial charge in [-0.05, 0) is 18.4 Å². The summed E-state index contributed by atoms with van der Waals surface area (Å²) in [7, 11) is 1.89. The van der Waals surface area contributed by atoms with Crippen LogP contribution in [0, 0.1) is 0 Å². The summed E-state index contributed by atoms with van der Waals surface area (Å²) in [5, 5.41) is 7.33. The van der Waals surface area contributed by atoms with Crippen molar-refractivity contribution in [3.63, 3.8) is 0 Å². The van der Waals surface area contributed by atoms with Crippen LogP contribution >= 0.6 is 0 Å². The Morgan fingerprint density at radius 2 is 1.77 bits per heavy atom. The Hall–Kier alpha value is -2.30. The molecule has 22 heavy (non-hydrogen) atoms. The van der Waals surface area contributed by atoms with Gasteiger partial charge in [-0.3, -0.25) is 10.00 Å². The Morgan fingerprint density at radius 3 is 2.45 bits per heavy atom. The summed E-state index contributed by atoms with van der Waals surface area (Å²) >= 11 is 0. The molecule has 1 fully saturated rings. The van der Waals surface area contributed by atoms with Crippen LogP contribution in [-0.2, 0) is 7.05 Å². The molecule has 0 unspecified atom stereocenters. The lowest BCUT2D eigenvalue weighted by molar-refractivity contribution is 0.213. The molecule has 1 N–H and O–H groups in total. The van der Waals surface area contributed by atoms with Crippen LogP contribution in [0.3, 0.4) is 0 Å². The summed E-state index contributed by atoms with van der Waals surface area (Å²) in [4.78, 5) is 14.2. The number of amides is 2. The fourth-order valence-corrected chi connectivity index (χ4v) is 2.87. The standard InChI is InChI=1S/C17H22N4O/c1-20-15(14-9-5-4-6-10-14)13-16(19-20)18-17(22)21-11-7-2-3-8-12-21/h4-6,9-10,13H,2-3,7-8,11-12H2,1H3,(H,18,19,22). The van der Waals surface area contributed by atoms with E-state index in [1.807, 2.05) is 48.3 Å². The molecule has 1 aromatic heterocycles. The van der Waals surface area contributed by atoms with Gasteiger partial charge >= 0.3 is 6.03 Å². The smallest absolute Gasteiger partial charge is 0.323 e. The molecule has 5 nitrogen and oxygen atoms in total. The van der Waals surface area contributed by atoms with Crippen LogP contribution in [0.2, 0.25) is 0 Å². The Kier molecular flexibility index (Phi) is 4.42. The van der Waals surface area contributed by atoms with Gasteiger partial charge in [0.25, 0.3) is 0 Å². The van der Waals surface area contributed by atoms with E-state index in [9.17, 15) is 4.79 Å². The van der Waals surface area contributed by atoms with Crippen molar-refractivity contribution in [2.75, 3.05) is 18.4 Å². The van der Waals surface area contributed by atoms with Gasteiger partial charge in [0.1, 0.15) is 0 Å². The van der Waals surface area contributed by atoms with E-state index in [1.165, 1.54) is 12.8 Å². The highest BCUT2D eigenvalue weighted by Gasteiger charge is 2.17. The zero-order valence-corrected chi connectivity index (χ0v) is 13.0. The number of rotatable bonds is 2. The number of hydrogen-bond donors (Lipinski definition) is 1. The van der Waals surface area contributed by atoms with Crippen molar-refractivity contribution in [2.45, 2.75) is 25.7 Å². The van der Waals surface area contributed by atoms with Gasteiger partial charge in [-0.2, -0.15) is 5.10 Å². The summed E-state index contributed by atoms with van der Waals surface area (Å²) in [5.41, 5.74) is 2.08. The number of hydrogen-bond acceptors (Lipinski definition) is 2. The zero-order chi connectivity index (χ0) is 15.4. The predicted octanol–water partition coefficient (Wildman–Crippen LogP) is 3.50. The molecule has 0 saturated carbocycles. The molecule has 1 saturated heterocycles. The third kappa shape index (κ3) is 3.30. The van der Waals surface area contributed by atoms with Gasteiger partial charge in [-0.1, -0.05) is 43.2 Å². The minimum absolute atomic E-state index is 0.0420. The highest BCUT2D eigenvalue weighted by Crippen LogP contribution is 2.22. The number of anilines is 1. The van der Waals surface area contributed by atoms with Crippen LogP contribution in [0.25, 0.3) is 11.3 Å². The van der Waals surface area contributed by atoms with E-state index < -0.39 is 0 Å². The highest BCUT2D eigenvalue weighted by molar-refractivity contribution is 5.89. The minimum Gasteiger partial charge on any atom is -0.325 e. The normalized spacial score (nSPS) is 15.4. The second-order valence-corrected chi connectivity index (χ2v) is 5.74. The molecule has 0 bridgehead atoms. The highest BCUT2D eigenvalue weighted by atomic mass is 16.2. The Balaban J connectivity index is 1.72. The van der Waals surface area contributed by atoms with Crippen molar-refractivity contribution >= 4 is 11.8 Å². The molecule has 2 amide bonds. The van der Waals surface area contributed by atoms with Gasteiger partial charge in [0.05, 0.1) is 5.69 Å². The lowest BCUT2D eigenvalue weighted by atomic mass is 10.1. The van der Waals surface area contributed by atoms with Crippen LogP contribution in [0.15, 0.2) is 36.4 Å². The van der Waals surface area contributed by atoms with Gasteiger partial charge < -0.3 is 4.90 Å². The molecule has 0 aliphatic carbocycles. The summed E-state index contributed by atoms with van der Waals surface area (Å²) < 4.78 is 1.80. The molecule has 5 heteroatoms. The molecule has 1 aliphatic rings. The Bertz CT molecular complexity index is 627. The largest absolute Gasteiger partial charge is 0.325 e. The van der Waals surface area contributed by atoms with Crippen LogP contribution in [0.1, 0.15) is 25.7 Å². The summed E-state index contributed by atoms with van der Waals surface area (Å²) in [6.45, 7) is 1.68. The van der Waals surface area contributed by atoms with Gasteiger partial charge in [0, 0.05) is 26.2 Å². The van der Waals surface area contributed by atoms with E-state index >= 15 is 0 Å².